The van der Waals surface area contributed by atoms with E-state index in [1.165, 1.54) is 29.1 Å². The molecule has 0 unspecified atom stereocenters. The molecule has 0 aliphatic carbocycles. The van der Waals surface area contributed by atoms with E-state index in [2.05, 4.69) is 9.84 Å². The third-order valence-corrected chi connectivity index (χ3v) is 5.54. The maximum atomic E-state index is 14.3. The third kappa shape index (κ3) is 4.15. The molecule has 4 rings (SSSR count). The topological polar surface area (TPSA) is 61.6 Å². The fourth-order valence-electron chi connectivity index (χ4n) is 3.45. The Balaban J connectivity index is 1.53. The van der Waals surface area contributed by atoms with Crippen molar-refractivity contribution in [3.8, 4) is 11.4 Å². The Kier molecular flexibility index (Phi) is 5.70. The van der Waals surface area contributed by atoms with Gasteiger partial charge in [-0.15, -0.1) is 0 Å². The van der Waals surface area contributed by atoms with Gasteiger partial charge in [0, 0.05) is 11.6 Å². The second kappa shape index (κ2) is 8.15. The normalized spacial score (nSPS) is 19.2. The van der Waals surface area contributed by atoms with Crippen LogP contribution in [0.1, 0.15) is 18.5 Å². The van der Waals surface area contributed by atoms with E-state index in [1.807, 2.05) is 0 Å². The van der Waals surface area contributed by atoms with Crippen LogP contribution in [-0.2, 0) is 10.3 Å². The molecule has 3 aromatic rings. The summed E-state index contributed by atoms with van der Waals surface area (Å²) in [6, 6.07) is 7.00. The Morgan fingerprint density at radius 3 is 2.32 bits per heavy atom. The maximum absolute atomic E-state index is 14.3. The van der Waals surface area contributed by atoms with Crippen LogP contribution in [0.3, 0.4) is 0 Å². The first-order chi connectivity index (χ1) is 15.9. The summed E-state index contributed by atoms with van der Waals surface area (Å²) in [4.78, 5) is 12.9. The Labute approximate surface area is 187 Å². The molecule has 34 heavy (non-hydrogen) atoms. The summed E-state index contributed by atoms with van der Waals surface area (Å²) in [6.07, 6.45) is -4.56. The Hall–Kier alpha value is -3.35. The van der Waals surface area contributed by atoms with Gasteiger partial charge in [0.1, 0.15) is 29.3 Å². The van der Waals surface area contributed by atoms with E-state index in [9.17, 15) is 35.5 Å². The molecule has 0 radical (unpaired) electrons. The lowest BCUT2D eigenvalue weighted by molar-refractivity contribution is -0.290. The molecule has 0 spiro atoms. The second-order valence-corrected chi connectivity index (χ2v) is 7.70. The zero-order valence-corrected chi connectivity index (χ0v) is 17.3. The van der Waals surface area contributed by atoms with Crippen LogP contribution < -0.4 is 10.4 Å². The summed E-state index contributed by atoms with van der Waals surface area (Å²) in [7, 11) is 0. The first-order valence-electron chi connectivity index (χ1n) is 9.79. The van der Waals surface area contributed by atoms with Crippen LogP contribution in [0.5, 0.6) is 5.75 Å². The summed E-state index contributed by atoms with van der Waals surface area (Å²) in [5.41, 5.74) is -1.60. The molecule has 1 aromatic heterocycles. The highest BCUT2D eigenvalue weighted by molar-refractivity contribution is 5.36. The van der Waals surface area contributed by atoms with Gasteiger partial charge in [0.05, 0.1) is 18.3 Å². The van der Waals surface area contributed by atoms with E-state index in [0.717, 1.165) is 22.9 Å². The molecular weight excluding hydrogens is 475 g/mol. The predicted octanol–water partition coefficient (Wildman–Crippen LogP) is 4.38. The van der Waals surface area contributed by atoms with Crippen LogP contribution >= 0.6 is 0 Å². The van der Waals surface area contributed by atoms with E-state index in [-0.39, 0.29) is 23.6 Å². The zero-order chi connectivity index (χ0) is 24.9. The van der Waals surface area contributed by atoms with Gasteiger partial charge in [-0.25, -0.2) is 13.6 Å². The number of alkyl halides is 5. The first kappa shape index (κ1) is 23.8. The number of hydrogen-bond donors (Lipinski definition) is 0. The molecule has 0 N–H and O–H groups in total. The number of hydrogen-bond acceptors (Lipinski definition) is 4. The molecule has 0 amide bonds. The van der Waals surface area contributed by atoms with Crippen LogP contribution in [0.25, 0.3) is 5.69 Å². The Morgan fingerprint density at radius 1 is 1.12 bits per heavy atom. The van der Waals surface area contributed by atoms with Crippen molar-refractivity contribution >= 4 is 0 Å². The molecule has 13 heteroatoms. The molecule has 0 saturated carbocycles. The molecule has 1 aliphatic rings. The van der Waals surface area contributed by atoms with Crippen molar-refractivity contribution in [2.75, 3.05) is 13.2 Å². The van der Waals surface area contributed by atoms with Gasteiger partial charge in [-0.3, -0.25) is 4.57 Å². The van der Waals surface area contributed by atoms with Crippen LogP contribution in [0, 0.1) is 11.6 Å². The predicted molar refractivity (Wildman–Crippen MR) is 103 cm³/mol. The number of benzene rings is 2. The highest BCUT2D eigenvalue weighted by Gasteiger charge is 2.58. The largest absolute Gasteiger partial charge is 0.487 e. The van der Waals surface area contributed by atoms with Gasteiger partial charge in [0.2, 0.25) is 0 Å². The monoisotopic (exact) mass is 491 g/mol. The molecular formula is C21H16F7N3O3. The van der Waals surface area contributed by atoms with Gasteiger partial charge in [-0.05, 0) is 37.3 Å². The minimum atomic E-state index is -5.75. The average Bonchev–Trinajstić information content (AvgIpc) is 3.47. The van der Waals surface area contributed by atoms with Crippen molar-refractivity contribution in [1.82, 2.24) is 14.3 Å². The zero-order valence-electron chi connectivity index (χ0n) is 17.3. The summed E-state index contributed by atoms with van der Waals surface area (Å²) >= 11 is 0. The van der Waals surface area contributed by atoms with E-state index in [1.54, 1.807) is 6.92 Å². The second-order valence-electron chi connectivity index (χ2n) is 7.70. The average molecular weight is 491 g/mol. The fourth-order valence-corrected chi connectivity index (χ4v) is 3.45. The van der Waals surface area contributed by atoms with E-state index >= 15 is 0 Å². The Bertz CT molecular complexity index is 1250. The quantitative estimate of drug-likeness (QED) is 0.364. The Morgan fingerprint density at radius 2 is 1.76 bits per heavy atom. The molecule has 2 heterocycles. The van der Waals surface area contributed by atoms with E-state index < -0.39 is 47.7 Å². The highest BCUT2D eigenvalue weighted by Crippen LogP contribution is 2.48. The van der Waals surface area contributed by atoms with Crippen molar-refractivity contribution in [3.05, 3.63) is 76.5 Å². The van der Waals surface area contributed by atoms with Crippen LogP contribution in [0.2, 0.25) is 0 Å². The number of rotatable bonds is 7. The van der Waals surface area contributed by atoms with Gasteiger partial charge in [-0.1, -0.05) is 6.07 Å². The SMILES string of the molecule is C[C@@H](n1cnn(-c2ccc(OCC(F)(F)C(F)(F)F)cc2)c1=O)[C@]1(c2ccc(F)cc2F)CO1. The summed E-state index contributed by atoms with van der Waals surface area (Å²) in [5.74, 6) is -6.88. The molecule has 2 aromatic carbocycles. The minimum Gasteiger partial charge on any atom is -0.487 e. The highest BCUT2D eigenvalue weighted by atomic mass is 19.4. The molecule has 2 atom stereocenters. The number of aromatic nitrogens is 3. The van der Waals surface area contributed by atoms with Gasteiger partial charge in [0.15, 0.2) is 6.61 Å². The molecule has 1 saturated heterocycles. The van der Waals surface area contributed by atoms with Crippen LogP contribution in [0.15, 0.2) is 53.6 Å². The van der Waals surface area contributed by atoms with E-state index in [0.29, 0.717) is 6.07 Å². The molecule has 182 valence electrons. The number of ether oxygens (including phenoxy) is 2. The van der Waals surface area contributed by atoms with Gasteiger partial charge < -0.3 is 9.47 Å². The molecule has 1 aliphatic heterocycles. The standard InChI is InChI=1S/C21H16F7N3O3/c1-12(19(9-34-19)16-7-2-13(22)8-17(16)23)30-11-29-31(18(30)32)14-3-5-15(6-4-14)33-10-20(24,25)21(26,27)28/h2-8,11-12H,9-10H2,1H3/t12-,19+/m1/s1. The first-order valence-corrected chi connectivity index (χ1v) is 9.79. The summed E-state index contributed by atoms with van der Waals surface area (Å²) < 4.78 is 102. The van der Waals surface area contributed by atoms with Gasteiger partial charge in [0.25, 0.3) is 0 Å². The smallest absolute Gasteiger partial charge is 0.456 e. The van der Waals surface area contributed by atoms with Crippen LogP contribution in [0.4, 0.5) is 30.7 Å². The van der Waals surface area contributed by atoms with Crippen molar-refractivity contribution in [2.24, 2.45) is 0 Å². The number of halogens is 7. The van der Waals surface area contributed by atoms with E-state index in [4.69, 9.17) is 4.74 Å². The van der Waals surface area contributed by atoms with Gasteiger partial charge >= 0.3 is 17.8 Å². The van der Waals surface area contributed by atoms with Crippen molar-refractivity contribution in [1.29, 1.82) is 0 Å². The fraction of sp³-hybridized carbons (Fsp3) is 0.333. The number of nitrogens with zero attached hydrogens (tertiary/aromatic N) is 3. The summed E-state index contributed by atoms with van der Waals surface area (Å²) in [5, 5.41) is 3.97. The minimum absolute atomic E-state index is 0.0817. The maximum Gasteiger partial charge on any atom is 0.456 e. The van der Waals surface area contributed by atoms with Crippen molar-refractivity contribution in [2.45, 2.75) is 30.7 Å². The third-order valence-electron chi connectivity index (χ3n) is 5.54. The number of epoxide rings is 1. The lowest BCUT2D eigenvalue weighted by Gasteiger charge is -2.21. The van der Waals surface area contributed by atoms with Crippen LogP contribution in [-0.4, -0.2) is 39.7 Å². The molecule has 1 fully saturated rings. The molecule has 0 bridgehead atoms. The van der Waals surface area contributed by atoms with Crippen molar-refractivity contribution < 1.29 is 40.2 Å². The molecule has 6 nitrogen and oxygen atoms in total. The lowest BCUT2D eigenvalue weighted by atomic mass is 9.92. The lowest BCUT2D eigenvalue weighted by Crippen LogP contribution is -2.41. The van der Waals surface area contributed by atoms with Crippen molar-refractivity contribution in [3.63, 3.8) is 0 Å². The van der Waals surface area contributed by atoms with Gasteiger partial charge in [-0.2, -0.15) is 31.7 Å². The summed E-state index contributed by atoms with van der Waals surface area (Å²) in [6.45, 7) is -0.214.